The molecule has 0 saturated heterocycles. The summed E-state index contributed by atoms with van der Waals surface area (Å²) in [5.74, 6) is 0. The fourth-order valence-electron chi connectivity index (χ4n) is 1.54. The number of rotatable bonds is 5. The van der Waals surface area contributed by atoms with Crippen molar-refractivity contribution in [2.45, 2.75) is 20.8 Å². The van der Waals surface area contributed by atoms with Crippen molar-refractivity contribution in [2.75, 3.05) is 30.8 Å². The topological polar surface area (TPSA) is 29.5 Å². The van der Waals surface area contributed by atoms with Gasteiger partial charge in [0.15, 0.2) is 0 Å². The van der Waals surface area contributed by atoms with Crippen LogP contribution in [0.15, 0.2) is 30.3 Å². The number of nitrogens with zero attached hydrogens (tertiary/aromatic N) is 1. The molecule has 0 aliphatic rings. The molecular formula is C14H26NO2PS. The third-order valence-electron chi connectivity index (χ3n) is 2.68. The molecule has 0 spiro atoms. The minimum atomic E-state index is -2.80. The third-order valence-corrected chi connectivity index (χ3v) is 9.33. The van der Waals surface area contributed by atoms with Crippen LogP contribution in [0.1, 0.15) is 20.8 Å². The van der Waals surface area contributed by atoms with Gasteiger partial charge in [-0.15, -0.1) is 0 Å². The van der Waals surface area contributed by atoms with E-state index in [4.69, 9.17) is 4.52 Å². The fourth-order valence-corrected chi connectivity index (χ4v) is 6.25. The van der Waals surface area contributed by atoms with E-state index in [-0.39, 0.29) is 5.41 Å². The van der Waals surface area contributed by atoms with Crippen molar-refractivity contribution in [3.63, 3.8) is 0 Å². The Labute approximate surface area is 119 Å². The largest absolute Gasteiger partial charge is 0.333 e. The summed E-state index contributed by atoms with van der Waals surface area (Å²) in [5.41, 5.74) is 0.953. The molecule has 1 aromatic carbocycles. The van der Waals surface area contributed by atoms with Gasteiger partial charge in [-0.25, -0.2) is 0 Å². The summed E-state index contributed by atoms with van der Waals surface area (Å²) in [6.45, 7) is 3.97. The first-order valence-electron chi connectivity index (χ1n) is 6.38. The Balaban J connectivity index is 2.97. The molecule has 0 heterocycles. The van der Waals surface area contributed by atoms with Crippen LogP contribution in [-0.4, -0.2) is 26.2 Å². The lowest BCUT2D eigenvalue weighted by atomic mass is 9.99. The van der Waals surface area contributed by atoms with Gasteiger partial charge in [-0.3, -0.25) is 9.24 Å². The van der Waals surface area contributed by atoms with Gasteiger partial charge in [0.05, 0.1) is 6.61 Å². The first kappa shape index (κ1) is 16.6. The maximum Gasteiger partial charge on any atom is 0.333 e. The van der Waals surface area contributed by atoms with Crippen LogP contribution in [0.25, 0.3) is 0 Å². The van der Waals surface area contributed by atoms with Crippen LogP contribution in [0, 0.1) is 5.41 Å². The molecule has 0 bridgehead atoms. The first-order chi connectivity index (χ1) is 8.67. The van der Waals surface area contributed by atoms with Crippen LogP contribution in [0.3, 0.4) is 0 Å². The summed E-state index contributed by atoms with van der Waals surface area (Å²) < 4.78 is 20.9. The van der Waals surface area contributed by atoms with Crippen molar-refractivity contribution in [3.05, 3.63) is 30.3 Å². The fraction of sp³-hybridized carbons (Fsp3) is 0.571. The Kier molecular flexibility index (Phi) is 5.54. The van der Waals surface area contributed by atoms with Gasteiger partial charge in [0.25, 0.3) is 0 Å². The van der Waals surface area contributed by atoms with E-state index in [1.807, 2.05) is 54.6 Å². The monoisotopic (exact) mass is 303 g/mol. The summed E-state index contributed by atoms with van der Waals surface area (Å²) in [4.78, 5) is 0. The summed E-state index contributed by atoms with van der Waals surface area (Å²) in [6.07, 6.45) is 4.02. The average molecular weight is 303 g/mol. The molecule has 0 N–H and O–H groups in total. The molecule has 3 nitrogen and oxygen atoms in total. The van der Waals surface area contributed by atoms with Crippen molar-refractivity contribution in [1.29, 1.82) is 0 Å². The van der Waals surface area contributed by atoms with E-state index in [0.29, 0.717) is 6.61 Å². The molecule has 0 amide bonds. The van der Waals surface area contributed by atoms with E-state index in [0.717, 1.165) is 5.69 Å². The molecule has 0 aromatic heterocycles. The maximum atomic E-state index is 13.2. The van der Waals surface area contributed by atoms with E-state index in [9.17, 15) is 4.57 Å². The Morgan fingerprint density at radius 2 is 1.74 bits per heavy atom. The number of hydrogen-bond acceptors (Lipinski definition) is 2. The number of para-hydroxylation sites is 1. The van der Waals surface area contributed by atoms with Crippen LogP contribution in [0.4, 0.5) is 5.69 Å². The Bertz CT molecular complexity index is 443. The van der Waals surface area contributed by atoms with Gasteiger partial charge in [0, 0.05) is 12.7 Å². The van der Waals surface area contributed by atoms with Gasteiger partial charge < -0.3 is 4.52 Å². The highest BCUT2D eigenvalue weighted by Crippen LogP contribution is 2.69. The Morgan fingerprint density at radius 1 is 1.21 bits per heavy atom. The van der Waals surface area contributed by atoms with Crippen LogP contribution < -0.4 is 4.67 Å². The maximum absolute atomic E-state index is 13.2. The molecule has 0 radical (unpaired) electrons. The minimum Gasteiger partial charge on any atom is -0.306 e. The molecule has 5 heteroatoms. The Hall–Kier alpha value is -0.440. The van der Waals surface area contributed by atoms with E-state index >= 15 is 0 Å². The molecule has 1 aromatic rings. The molecule has 19 heavy (non-hydrogen) atoms. The zero-order chi connectivity index (χ0) is 14.7. The average Bonchev–Trinajstić information content (AvgIpc) is 2.35. The molecule has 0 aliphatic heterocycles. The van der Waals surface area contributed by atoms with Gasteiger partial charge in [-0.2, -0.15) is 10.5 Å². The molecule has 0 fully saturated rings. The normalized spacial score (nSPS) is 15.8. The first-order valence-corrected chi connectivity index (χ1v) is 10.9. The zero-order valence-corrected chi connectivity index (χ0v) is 14.5. The lowest BCUT2D eigenvalue weighted by molar-refractivity contribution is 0.205. The number of thiol groups is 1. The second-order valence-corrected chi connectivity index (χ2v) is 13.5. The highest BCUT2D eigenvalue weighted by atomic mass is 32.8. The van der Waals surface area contributed by atoms with Gasteiger partial charge in [0.2, 0.25) is 0 Å². The smallest absolute Gasteiger partial charge is 0.306 e. The molecule has 1 rings (SSSR count). The van der Waals surface area contributed by atoms with Crippen LogP contribution in [-0.2, 0) is 9.09 Å². The lowest BCUT2D eigenvalue weighted by Crippen LogP contribution is -2.20. The summed E-state index contributed by atoms with van der Waals surface area (Å²) in [5, 5.41) is 0. The van der Waals surface area contributed by atoms with Crippen molar-refractivity contribution in [1.82, 2.24) is 0 Å². The number of hydrogen-bond donors (Lipinski definition) is 1. The van der Waals surface area contributed by atoms with Crippen LogP contribution in [0.2, 0.25) is 0 Å². The molecular weight excluding hydrogens is 277 g/mol. The molecule has 0 saturated carbocycles. The summed E-state index contributed by atoms with van der Waals surface area (Å²) in [6, 6.07) is 9.79. The highest BCUT2D eigenvalue weighted by Gasteiger charge is 2.33. The van der Waals surface area contributed by atoms with Gasteiger partial charge >= 0.3 is 6.72 Å². The third kappa shape index (κ3) is 4.55. The van der Waals surface area contributed by atoms with Crippen molar-refractivity contribution in [2.24, 2.45) is 5.41 Å². The van der Waals surface area contributed by atoms with E-state index in [1.165, 1.54) is 0 Å². The summed E-state index contributed by atoms with van der Waals surface area (Å²) >= 11 is 0. The molecule has 1 atom stereocenters. The highest BCUT2D eigenvalue weighted by molar-refractivity contribution is 8.66. The van der Waals surface area contributed by atoms with Crippen molar-refractivity contribution < 1.29 is 9.09 Å². The second-order valence-electron chi connectivity index (χ2n) is 6.03. The van der Waals surface area contributed by atoms with Gasteiger partial charge in [0.1, 0.15) is 0 Å². The molecule has 0 aliphatic carbocycles. The number of benzene rings is 1. The Morgan fingerprint density at radius 3 is 2.16 bits per heavy atom. The van der Waals surface area contributed by atoms with Crippen molar-refractivity contribution in [3.8, 4) is 0 Å². The van der Waals surface area contributed by atoms with E-state index in [1.54, 1.807) is 0 Å². The van der Waals surface area contributed by atoms with Crippen LogP contribution >= 0.6 is 17.2 Å². The van der Waals surface area contributed by atoms with E-state index < -0.39 is 17.2 Å². The van der Waals surface area contributed by atoms with Crippen LogP contribution in [0.5, 0.6) is 0 Å². The number of anilines is 1. The minimum absolute atomic E-state index is 0.0124. The van der Waals surface area contributed by atoms with Crippen molar-refractivity contribution >= 4 is 22.9 Å². The van der Waals surface area contributed by atoms with Gasteiger partial charge in [-0.1, -0.05) is 39.0 Å². The standard InChI is InChI=1S/C14H26NO2PS/c1-14(2,3)12-17-18(16,19(5)6)15(4)13-10-8-7-9-11-13/h7-11,19H,12H2,1-6H3. The quantitative estimate of drug-likeness (QED) is 0.639. The predicted molar refractivity (Wildman–Crippen MR) is 88.7 cm³/mol. The predicted octanol–water partition coefficient (Wildman–Crippen LogP) is 4.55. The van der Waals surface area contributed by atoms with Gasteiger partial charge in [-0.05, 0) is 30.1 Å². The molecule has 1 unspecified atom stereocenters. The van der Waals surface area contributed by atoms with E-state index in [2.05, 4.69) is 20.8 Å². The molecule has 110 valence electrons. The zero-order valence-electron chi connectivity index (χ0n) is 12.8. The lowest BCUT2D eigenvalue weighted by Gasteiger charge is -2.35. The SMILES string of the molecule is CN(c1ccccc1)P(=O)(OCC(C)(C)C)[SH](C)C. The summed E-state index contributed by atoms with van der Waals surface area (Å²) in [7, 11) is 1.16. The second kappa shape index (κ2) is 6.34.